The second-order valence-electron chi connectivity index (χ2n) is 4.00. The van der Waals surface area contributed by atoms with Crippen molar-refractivity contribution in [3.05, 3.63) is 57.3 Å². The smallest absolute Gasteiger partial charge is 0.182 e. The maximum atomic E-state index is 13.9. The highest BCUT2D eigenvalue weighted by Crippen LogP contribution is 2.25. The molecule has 0 amide bonds. The van der Waals surface area contributed by atoms with Crippen molar-refractivity contribution in [3.8, 4) is 5.69 Å². The van der Waals surface area contributed by atoms with Gasteiger partial charge in [0, 0.05) is 4.47 Å². The molecule has 0 saturated carbocycles. The van der Waals surface area contributed by atoms with Gasteiger partial charge in [-0.3, -0.25) is 4.57 Å². The number of hydrogen-bond donors (Lipinski definition) is 1. The van der Waals surface area contributed by atoms with Crippen LogP contribution in [0.1, 0.15) is 0 Å². The molecule has 0 spiro atoms. The van der Waals surface area contributed by atoms with Crippen molar-refractivity contribution in [2.75, 3.05) is 0 Å². The number of H-pyrrole nitrogens is 1. The van der Waals surface area contributed by atoms with Gasteiger partial charge in [0.05, 0.1) is 11.0 Å². The summed E-state index contributed by atoms with van der Waals surface area (Å²) in [5, 5.41) is 0. The third-order valence-electron chi connectivity index (χ3n) is 2.81. The first-order valence-corrected chi connectivity index (χ1v) is 6.63. The van der Waals surface area contributed by atoms with Crippen molar-refractivity contribution in [2.24, 2.45) is 0 Å². The lowest BCUT2D eigenvalue weighted by Crippen LogP contribution is -2.01. The molecule has 6 heteroatoms. The Bertz CT molecular complexity index is 818. The van der Waals surface area contributed by atoms with E-state index in [-0.39, 0.29) is 10.5 Å². The quantitative estimate of drug-likeness (QED) is 0.635. The van der Waals surface area contributed by atoms with Crippen LogP contribution in [0.2, 0.25) is 0 Å². The van der Waals surface area contributed by atoms with E-state index in [2.05, 4.69) is 20.9 Å². The molecule has 1 heterocycles. The largest absolute Gasteiger partial charge is 0.330 e. The molecule has 0 aliphatic carbocycles. The van der Waals surface area contributed by atoms with Gasteiger partial charge in [-0.05, 0) is 42.5 Å². The molecule has 2 nitrogen and oxygen atoms in total. The third-order valence-corrected chi connectivity index (χ3v) is 3.58. The van der Waals surface area contributed by atoms with Gasteiger partial charge < -0.3 is 4.98 Å². The lowest BCUT2D eigenvalue weighted by molar-refractivity contribution is 0.570. The minimum atomic E-state index is -0.653. The van der Waals surface area contributed by atoms with Gasteiger partial charge >= 0.3 is 0 Å². The first-order chi connectivity index (χ1) is 9.08. The van der Waals surface area contributed by atoms with Crippen molar-refractivity contribution in [1.29, 1.82) is 0 Å². The van der Waals surface area contributed by atoms with Crippen LogP contribution in [0.5, 0.6) is 0 Å². The van der Waals surface area contributed by atoms with Gasteiger partial charge in [0.15, 0.2) is 4.77 Å². The summed E-state index contributed by atoms with van der Waals surface area (Å²) in [5.41, 5.74) is 1.17. The highest BCUT2D eigenvalue weighted by atomic mass is 79.9. The van der Waals surface area contributed by atoms with E-state index in [4.69, 9.17) is 12.2 Å². The summed E-state index contributed by atoms with van der Waals surface area (Å²) in [6.07, 6.45) is 0. The van der Waals surface area contributed by atoms with E-state index < -0.39 is 11.6 Å². The lowest BCUT2D eigenvalue weighted by atomic mass is 10.2. The van der Waals surface area contributed by atoms with Crippen molar-refractivity contribution < 1.29 is 8.78 Å². The van der Waals surface area contributed by atoms with Crippen molar-refractivity contribution in [3.63, 3.8) is 0 Å². The predicted octanol–water partition coefficient (Wildman–Crippen LogP) is 4.73. The van der Waals surface area contributed by atoms with Crippen LogP contribution < -0.4 is 0 Å². The average Bonchev–Trinajstić information content (AvgIpc) is 2.65. The summed E-state index contributed by atoms with van der Waals surface area (Å²) in [4.78, 5) is 2.94. The number of benzene rings is 2. The molecule has 0 unspecified atom stereocenters. The van der Waals surface area contributed by atoms with E-state index in [0.29, 0.717) is 11.0 Å². The fourth-order valence-electron chi connectivity index (χ4n) is 2.01. The SMILES string of the molecule is Fc1cccc(F)c1-n1c(=S)[nH]c2cc(Br)ccc21. The first-order valence-electron chi connectivity index (χ1n) is 5.42. The normalized spacial score (nSPS) is 11.1. The highest BCUT2D eigenvalue weighted by Gasteiger charge is 2.15. The zero-order valence-corrected chi connectivity index (χ0v) is 11.9. The van der Waals surface area contributed by atoms with Gasteiger partial charge in [-0.1, -0.05) is 22.0 Å². The van der Waals surface area contributed by atoms with Gasteiger partial charge in [0.25, 0.3) is 0 Å². The van der Waals surface area contributed by atoms with Crippen LogP contribution in [0.15, 0.2) is 40.9 Å². The van der Waals surface area contributed by atoms with Gasteiger partial charge in [-0.2, -0.15) is 0 Å². The summed E-state index contributed by atoms with van der Waals surface area (Å²) >= 11 is 8.50. The molecule has 3 aromatic rings. The second-order valence-corrected chi connectivity index (χ2v) is 5.30. The summed E-state index contributed by atoms with van der Waals surface area (Å²) in [5.74, 6) is -1.31. The minimum absolute atomic E-state index is 0.166. The first kappa shape index (κ1) is 12.5. The standard InChI is InChI=1S/C13H7BrF2N2S/c14-7-4-5-11-10(6-7)17-13(19)18(11)12-8(15)2-1-3-9(12)16/h1-6H,(H,17,19). The van der Waals surface area contributed by atoms with Crippen molar-refractivity contribution >= 4 is 39.2 Å². The van der Waals surface area contributed by atoms with Gasteiger partial charge in [-0.15, -0.1) is 0 Å². The number of halogens is 3. The number of imidazole rings is 1. The van der Waals surface area contributed by atoms with E-state index in [1.165, 1.54) is 22.8 Å². The Labute approximate surface area is 120 Å². The van der Waals surface area contributed by atoms with Gasteiger partial charge in [0.1, 0.15) is 17.3 Å². The number of fused-ring (bicyclic) bond motifs is 1. The molecular formula is C13H7BrF2N2S. The second kappa shape index (κ2) is 4.54. The number of aromatic amines is 1. The Morgan fingerprint density at radius 3 is 2.47 bits per heavy atom. The van der Waals surface area contributed by atoms with E-state index in [9.17, 15) is 8.78 Å². The fraction of sp³-hybridized carbons (Fsp3) is 0. The monoisotopic (exact) mass is 340 g/mol. The number of aromatic nitrogens is 2. The lowest BCUT2D eigenvalue weighted by Gasteiger charge is -2.07. The van der Waals surface area contributed by atoms with Crippen LogP contribution in [-0.2, 0) is 0 Å². The Kier molecular flexibility index (Phi) is 2.99. The third kappa shape index (κ3) is 2.01. The number of hydrogen-bond acceptors (Lipinski definition) is 1. The molecule has 0 fully saturated rings. The summed E-state index contributed by atoms with van der Waals surface area (Å²) in [6, 6.07) is 9.08. The van der Waals surface area contributed by atoms with Crippen LogP contribution in [0, 0.1) is 16.4 Å². The molecule has 2 aromatic carbocycles. The Hall–Kier alpha value is -1.53. The van der Waals surface area contributed by atoms with Crippen LogP contribution in [0.4, 0.5) is 8.78 Å². The van der Waals surface area contributed by atoms with E-state index in [1.807, 2.05) is 0 Å². The molecular weight excluding hydrogens is 334 g/mol. The Balaban J connectivity index is 2.43. The molecule has 1 aromatic heterocycles. The molecule has 0 radical (unpaired) electrons. The van der Waals surface area contributed by atoms with E-state index in [0.717, 1.165) is 4.47 Å². The topological polar surface area (TPSA) is 20.7 Å². The van der Waals surface area contributed by atoms with Gasteiger partial charge in [0.2, 0.25) is 0 Å². The molecule has 0 aliphatic rings. The van der Waals surface area contributed by atoms with Crippen LogP contribution >= 0.6 is 28.1 Å². The maximum absolute atomic E-state index is 13.9. The molecule has 1 N–H and O–H groups in total. The van der Waals surface area contributed by atoms with E-state index >= 15 is 0 Å². The van der Waals surface area contributed by atoms with E-state index in [1.54, 1.807) is 18.2 Å². The number of nitrogens with zero attached hydrogens (tertiary/aromatic N) is 1. The zero-order valence-electron chi connectivity index (χ0n) is 9.45. The molecule has 0 bridgehead atoms. The van der Waals surface area contributed by atoms with Gasteiger partial charge in [-0.25, -0.2) is 8.78 Å². The maximum Gasteiger partial charge on any atom is 0.182 e. The highest BCUT2D eigenvalue weighted by molar-refractivity contribution is 9.10. The van der Waals surface area contributed by atoms with Crippen LogP contribution in [0.25, 0.3) is 16.7 Å². The van der Waals surface area contributed by atoms with Crippen molar-refractivity contribution in [1.82, 2.24) is 9.55 Å². The fourth-order valence-corrected chi connectivity index (χ4v) is 2.67. The molecule has 3 rings (SSSR count). The van der Waals surface area contributed by atoms with Crippen LogP contribution in [-0.4, -0.2) is 9.55 Å². The molecule has 0 aliphatic heterocycles. The molecule has 0 saturated heterocycles. The predicted molar refractivity (Wildman–Crippen MR) is 76.1 cm³/mol. The zero-order chi connectivity index (χ0) is 13.6. The molecule has 0 atom stereocenters. The number of nitrogens with one attached hydrogen (secondary N) is 1. The number of para-hydroxylation sites is 1. The Morgan fingerprint density at radius 1 is 1.11 bits per heavy atom. The Morgan fingerprint density at radius 2 is 1.79 bits per heavy atom. The summed E-state index contributed by atoms with van der Waals surface area (Å²) in [6.45, 7) is 0. The average molecular weight is 341 g/mol. The summed E-state index contributed by atoms with van der Waals surface area (Å²) in [7, 11) is 0. The minimum Gasteiger partial charge on any atom is -0.330 e. The van der Waals surface area contributed by atoms with Crippen LogP contribution in [0.3, 0.4) is 0 Å². The molecule has 19 heavy (non-hydrogen) atoms. The number of rotatable bonds is 1. The molecule has 96 valence electrons. The summed E-state index contributed by atoms with van der Waals surface area (Å²) < 4.78 is 30.2. The van der Waals surface area contributed by atoms with Crippen molar-refractivity contribution in [2.45, 2.75) is 0 Å².